The molecule has 1 N–H and O–H groups in total. The van der Waals surface area contributed by atoms with Crippen molar-refractivity contribution in [3.63, 3.8) is 0 Å². The van der Waals surface area contributed by atoms with Crippen molar-refractivity contribution in [1.82, 2.24) is 10.5 Å². The summed E-state index contributed by atoms with van der Waals surface area (Å²) in [6, 6.07) is 18.1. The van der Waals surface area contributed by atoms with Gasteiger partial charge in [-0.05, 0) is 41.6 Å². The number of carbonyl (C=O) groups excluding carboxylic acids is 1. The van der Waals surface area contributed by atoms with Gasteiger partial charge in [0.1, 0.15) is 0 Å². The van der Waals surface area contributed by atoms with Gasteiger partial charge in [-0.25, -0.2) is 0 Å². The molecule has 146 valence electrons. The standard InChI is InChI=1S/C22H23ClN2O3/c1-16-20(22(23)28-25-16)10-11-21(26)24-13-18-8-5-9-19(12-18)15-27-14-17-6-3-2-4-7-17/h2-9,12H,10-11,13-15H2,1H3,(H,24,26). The van der Waals surface area contributed by atoms with E-state index in [2.05, 4.69) is 10.5 Å². The van der Waals surface area contributed by atoms with Crippen LogP contribution in [0.4, 0.5) is 0 Å². The SMILES string of the molecule is Cc1noc(Cl)c1CCC(=O)NCc1cccc(COCc2ccccc2)c1. The summed E-state index contributed by atoms with van der Waals surface area (Å²) in [7, 11) is 0. The predicted octanol–water partition coefficient (Wildman–Crippen LogP) is 4.60. The second kappa shape index (κ2) is 10.1. The van der Waals surface area contributed by atoms with Crippen molar-refractivity contribution in [2.24, 2.45) is 0 Å². The molecule has 0 unspecified atom stereocenters. The maximum atomic E-state index is 12.1. The van der Waals surface area contributed by atoms with Crippen LogP contribution in [0.3, 0.4) is 0 Å². The lowest BCUT2D eigenvalue weighted by Crippen LogP contribution is -2.23. The van der Waals surface area contributed by atoms with Crippen molar-refractivity contribution >= 4 is 17.5 Å². The number of ether oxygens (including phenoxy) is 1. The molecule has 0 saturated carbocycles. The van der Waals surface area contributed by atoms with Crippen molar-refractivity contribution in [3.05, 3.63) is 87.8 Å². The number of rotatable bonds is 9. The van der Waals surface area contributed by atoms with Gasteiger partial charge in [0.05, 0.1) is 18.9 Å². The lowest BCUT2D eigenvalue weighted by molar-refractivity contribution is -0.121. The number of hydrogen-bond donors (Lipinski definition) is 1. The number of nitrogens with one attached hydrogen (secondary N) is 1. The molecule has 3 aromatic rings. The molecule has 2 aromatic carbocycles. The third kappa shape index (κ3) is 5.94. The van der Waals surface area contributed by atoms with Gasteiger partial charge in [0.2, 0.25) is 11.1 Å². The van der Waals surface area contributed by atoms with Crippen LogP contribution in [0, 0.1) is 6.92 Å². The second-order valence-electron chi connectivity index (χ2n) is 6.60. The number of halogens is 1. The maximum Gasteiger partial charge on any atom is 0.229 e. The molecular formula is C22H23ClN2O3. The van der Waals surface area contributed by atoms with Crippen molar-refractivity contribution in [2.75, 3.05) is 0 Å². The van der Waals surface area contributed by atoms with Crippen LogP contribution in [0.15, 0.2) is 59.1 Å². The summed E-state index contributed by atoms with van der Waals surface area (Å²) < 4.78 is 10.7. The monoisotopic (exact) mass is 398 g/mol. The Morgan fingerprint density at radius 2 is 1.79 bits per heavy atom. The van der Waals surface area contributed by atoms with Crippen LogP contribution in [-0.4, -0.2) is 11.1 Å². The van der Waals surface area contributed by atoms with Gasteiger partial charge in [-0.3, -0.25) is 4.79 Å². The predicted molar refractivity (Wildman–Crippen MR) is 108 cm³/mol. The molecule has 0 fully saturated rings. The highest BCUT2D eigenvalue weighted by atomic mass is 35.5. The molecule has 0 radical (unpaired) electrons. The van der Waals surface area contributed by atoms with E-state index >= 15 is 0 Å². The summed E-state index contributed by atoms with van der Waals surface area (Å²) in [4.78, 5) is 12.1. The smallest absolute Gasteiger partial charge is 0.229 e. The van der Waals surface area contributed by atoms with E-state index in [0.29, 0.717) is 32.6 Å². The summed E-state index contributed by atoms with van der Waals surface area (Å²) in [5, 5.41) is 6.98. The number of hydrogen-bond acceptors (Lipinski definition) is 4. The maximum absolute atomic E-state index is 12.1. The van der Waals surface area contributed by atoms with Crippen LogP contribution in [0.1, 0.15) is 34.4 Å². The van der Waals surface area contributed by atoms with E-state index in [1.807, 2.05) is 61.5 Å². The summed E-state index contributed by atoms with van der Waals surface area (Å²) in [5.74, 6) is -0.0394. The molecule has 0 atom stereocenters. The second-order valence-corrected chi connectivity index (χ2v) is 6.94. The molecule has 1 amide bonds. The average Bonchev–Trinajstić information content (AvgIpc) is 3.03. The van der Waals surface area contributed by atoms with Gasteiger partial charge < -0.3 is 14.6 Å². The largest absolute Gasteiger partial charge is 0.372 e. The first-order chi connectivity index (χ1) is 13.6. The topological polar surface area (TPSA) is 64.4 Å². The summed E-state index contributed by atoms with van der Waals surface area (Å²) in [5.41, 5.74) is 4.77. The minimum Gasteiger partial charge on any atom is -0.372 e. The number of benzene rings is 2. The number of nitrogens with zero attached hydrogens (tertiary/aromatic N) is 1. The molecule has 0 bridgehead atoms. The van der Waals surface area contributed by atoms with Gasteiger partial charge >= 0.3 is 0 Å². The Morgan fingerprint density at radius 3 is 2.54 bits per heavy atom. The highest BCUT2D eigenvalue weighted by Crippen LogP contribution is 2.20. The molecular weight excluding hydrogens is 376 g/mol. The molecule has 0 aliphatic heterocycles. The van der Waals surface area contributed by atoms with Gasteiger partial charge in [-0.1, -0.05) is 59.8 Å². The quantitative estimate of drug-likeness (QED) is 0.572. The molecule has 3 rings (SSSR count). The Kier molecular flexibility index (Phi) is 7.23. The van der Waals surface area contributed by atoms with E-state index in [1.165, 1.54) is 0 Å². The summed E-state index contributed by atoms with van der Waals surface area (Å²) >= 11 is 5.93. The Balaban J connectivity index is 1.43. The fourth-order valence-electron chi connectivity index (χ4n) is 2.86. The number of amides is 1. The minimum atomic E-state index is -0.0394. The first kappa shape index (κ1) is 20.1. The molecule has 0 spiro atoms. The zero-order valence-corrected chi connectivity index (χ0v) is 16.5. The van der Waals surface area contributed by atoms with Crippen molar-refractivity contribution < 1.29 is 14.1 Å². The fourth-order valence-corrected chi connectivity index (χ4v) is 3.12. The van der Waals surface area contributed by atoms with Gasteiger partial charge in [-0.2, -0.15) is 0 Å². The van der Waals surface area contributed by atoms with E-state index in [-0.39, 0.29) is 11.1 Å². The van der Waals surface area contributed by atoms with Gasteiger partial charge in [0, 0.05) is 18.5 Å². The summed E-state index contributed by atoms with van der Waals surface area (Å²) in [6.45, 7) is 3.39. The van der Waals surface area contributed by atoms with Gasteiger partial charge in [0.15, 0.2) is 0 Å². The number of aromatic nitrogens is 1. The van der Waals surface area contributed by atoms with Crippen LogP contribution in [-0.2, 0) is 35.7 Å². The molecule has 0 aliphatic carbocycles. The van der Waals surface area contributed by atoms with Crippen LogP contribution in [0.5, 0.6) is 0 Å². The van der Waals surface area contributed by atoms with Crippen LogP contribution in [0.2, 0.25) is 5.22 Å². The van der Waals surface area contributed by atoms with E-state index in [9.17, 15) is 4.79 Å². The third-order valence-electron chi connectivity index (χ3n) is 4.40. The lowest BCUT2D eigenvalue weighted by atomic mass is 10.1. The Morgan fingerprint density at radius 1 is 1.07 bits per heavy atom. The molecule has 5 nitrogen and oxygen atoms in total. The van der Waals surface area contributed by atoms with Crippen LogP contribution >= 0.6 is 11.6 Å². The highest BCUT2D eigenvalue weighted by molar-refractivity contribution is 6.29. The molecule has 28 heavy (non-hydrogen) atoms. The van der Waals surface area contributed by atoms with Crippen LogP contribution in [0.25, 0.3) is 0 Å². The van der Waals surface area contributed by atoms with Gasteiger partial charge in [-0.15, -0.1) is 0 Å². The highest BCUT2D eigenvalue weighted by Gasteiger charge is 2.12. The van der Waals surface area contributed by atoms with Crippen LogP contribution < -0.4 is 5.32 Å². The Hall–Kier alpha value is -2.63. The normalized spacial score (nSPS) is 10.8. The molecule has 1 heterocycles. The Bertz CT molecular complexity index is 890. The average molecular weight is 399 g/mol. The zero-order chi connectivity index (χ0) is 19.8. The zero-order valence-electron chi connectivity index (χ0n) is 15.8. The molecule has 1 aromatic heterocycles. The van der Waals surface area contributed by atoms with E-state index in [1.54, 1.807) is 0 Å². The summed E-state index contributed by atoms with van der Waals surface area (Å²) in [6.07, 6.45) is 0.842. The van der Waals surface area contributed by atoms with E-state index in [4.69, 9.17) is 20.9 Å². The number of aryl methyl sites for hydroxylation is 1. The van der Waals surface area contributed by atoms with E-state index < -0.39 is 0 Å². The van der Waals surface area contributed by atoms with Gasteiger partial charge in [0.25, 0.3) is 0 Å². The van der Waals surface area contributed by atoms with Crippen molar-refractivity contribution in [3.8, 4) is 0 Å². The van der Waals surface area contributed by atoms with E-state index in [0.717, 1.165) is 27.9 Å². The van der Waals surface area contributed by atoms with Crippen molar-refractivity contribution in [2.45, 2.75) is 39.5 Å². The fraction of sp³-hybridized carbons (Fsp3) is 0.273. The Labute approximate surface area is 169 Å². The molecule has 0 saturated heterocycles. The van der Waals surface area contributed by atoms with Crippen molar-refractivity contribution in [1.29, 1.82) is 0 Å². The molecule has 6 heteroatoms. The minimum absolute atomic E-state index is 0.0394. The number of carbonyl (C=O) groups is 1. The first-order valence-electron chi connectivity index (χ1n) is 9.18. The first-order valence-corrected chi connectivity index (χ1v) is 9.56. The third-order valence-corrected chi connectivity index (χ3v) is 4.70. The molecule has 0 aliphatic rings. The lowest BCUT2D eigenvalue weighted by Gasteiger charge is -2.08.